The topological polar surface area (TPSA) is 26.3 Å². The van der Waals surface area contributed by atoms with Gasteiger partial charge in [0.2, 0.25) is 0 Å². The van der Waals surface area contributed by atoms with Crippen LogP contribution in [0.5, 0.6) is 0 Å². The summed E-state index contributed by atoms with van der Waals surface area (Å²) in [4.78, 5) is 11.8. The highest BCUT2D eigenvalue weighted by Gasteiger charge is 2.20. The lowest BCUT2D eigenvalue weighted by Gasteiger charge is -2.12. The number of carbonyl (C=O) groups is 1. The van der Waals surface area contributed by atoms with E-state index in [9.17, 15) is 9.18 Å². The summed E-state index contributed by atoms with van der Waals surface area (Å²) in [5.74, 6) is -0.783. The standard InChI is InChI=1S/C12H15FO2/c1-7-5-8(2)11(10(13)6-7)12(14)9(3)15-4/h5-6,9H,1-4H3. The number of hydrogen-bond acceptors (Lipinski definition) is 2. The molecule has 0 bridgehead atoms. The number of halogens is 1. The van der Waals surface area contributed by atoms with Crippen LogP contribution in [-0.2, 0) is 4.74 Å². The molecule has 0 fully saturated rings. The molecule has 0 spiro atoms. The molecule has 82 valence electrons. The van der Waals surface area contributed by atoms with Crippen LogP contribution in [0.15, 0.2) is 12.1 Å². The lowest BCUT2D eigenvalue weighted by atomic mass is 9.99. The summed E-state index contributed by atoms with van der Waals surface area (Å²) in [6, 6.07) is 3.15. The molecule has 1 atom stereocenters. The van der Waals surface area contributed by atoms with Gasteiger partial charge in [-0.1, -0.05) is 6.07 Å². The van der Waals surface area contributed by atoms with Crippen LogP contribution in [0, 0.1) is 19.7 Å². The summed E-state index contributed by atoms with van der Waals surface area (Å²) in [6.07, 6.45) is -0.610. The Labute approximate surface area is 89.1 Å². The molecule has 0 saturated carbocycles. The second-order valence-corrected chi connectivity index (χ2v) is 3.68. The van der Waals surface area contributed by atoms with Crippen molar-refractivity contribution < 1.29 is 13.9 Å². The van der Waals surface area contributed by atoms with Crippen LogP contribution in [0.25, 0.3) is 0 Å². The molecule has 0 aliphatic heterocycles. The van der Waals surface area contributed by atoms with Gasteiger partial charge in [0, 0.05) is 7.11 Å². The molecule has 3 heteroatoms. The Morgan fingerprint density at radius 3 is 2.47 bits per heavy atom. The van der Waals surface area contributed by atoms with Crippen LogP contribution < -0.4 is 0 Å². The van der Waals surface area contributed by atoms with Gasteiger partial charge in [0.15, 0.2) is 5.78 Å². The molecule has 0 saturated heterocycles. The molecular weight excluding hydrogens is 195 g/mol. The Kier molecular flexibility index (Phi) is 3.58. The fourth-order valence-electron chi connectivity index (χ4n) is 1.54. The zero-order chi connectivity index (χ0) is 11.6. The molecule has 0 amide bonds. The minimum absolute atomic E-state index is 0.134. The molecule has 1 unspecified atom stereocenters. The van der Waals surface area contributed by atoms with Gasteiger partial charge in [0.05, 0.1) is 5.56 Å². The number of carbonyl (C=O) groups excluding carboxylic acids is 1. The van der Waals surface area contributed by atoms with Crippen LogP contribution >= 0.6 is 0 Å². The molecule has 1 aromatic carbocycles. The van der Waals surface area contributed by atoms with Crippen molar-refractivity contribution in [1.29, 1.82) is 0 Å². The van der Waals surface area contributed by atoms with Gasteiger partial charge in [0.25, 0.3) is 0 Å². The maximum atomic E-state index is 13.6. The first-order chi connectivity index (χ1) is 6.97. The highest BCUT2D eigenvalue weighted by atomic mass is 19.1. The zero-order valence-electron chi connectivity index (χ0n) is 9.43. The molecule has 0 aromatic heterocycles. The summed E-state index contributed by atoms with van der Waals surface area (Å²) >= 11 is 0. The molecule has 0 aliphatic carbocycles. The molecule has 0 heterocycles. The van der Waals surface area contributed by atoms with Gasteiger partial charge >= 0.3 is 0 Å². The van der Waals surface area contributed by atoms with E-state index >= 15 is 0 Å². The van der Waals surface area contributed by atoms with Gasteiger partial charge < -0.3 is 4.74 Å². The van der Waals surface area contributed by atoms with E-state index in [1.54, 1.807) is 26.8 Å². The normalized spacial score (nSPS) is 12.6. The Morgan fingerprint density at radius 1 is 1.40 bits per heavy atom. The largest absolute Gasteiger partial charge is 0.374 e. The Morgan fingerprint density at radius 2 is 2.00 bits per heavy atom. The molecule has 0 N–H and O–H groups in total. The lowest BCUT2D eigenvalue weighted by Crippen LogP contribution is -2.21. The first kappa shape index (κ1) is 11.9. The third-order valence-electron chi connectivity index (χ3n) is 2.40. The Bertz CT molecular complexity index is 362. The number of aryl methyl sites for hydroxylation is 2. The number of rotatable bonds is 3. The van der Waals surface area contributed by atoms with Gasteiger partial charge in [-0.3, -0.25) is 4.79 Å². The molecule has 0 aliphatic rings. The van der Waals surface area contributed by atoms with E-state index in [2.05, 4.69) is 0 Å². The number of hydrogen-bond donors (Lipinski definition) is 0. The van der Waals surface area contributed by atoms with E-state index in [0.29, 0.717) is 5.56 Å². The van der Waals surface area contributed by atoms with E-state index in [4.69, 9.17) is 4.74 Å². The minimum Gasteiger partial charge on any atom is -0.374 e. The summed E-state index contributed by atoms with van der Waals surface area (Å²) in [6.45, 7) is 5.14. The molecular formula is C12H15FO2. The van der Waals surface area contributed by atoms with Crippen LogP contribution in [0.4, 0.5) is 4.39 Å². The average molecular weight is 210 g/mol. The van der Waals surface area contributed by atoms with E-state index in [1.165, 1.54) is 13.2 Å². The number of methoxy groups -OCH3 is 1. The first-order valence-electron chi connectivity index (χ1n) is 4.81. The maximum absolute atomic E-state index is 13.6. The van der Waals surface area contributed by atoms with Crippen molar-refractivity contribution in [3.63, 3.8) is 0 Å². The van der Waals surface area contributed by atoms with Gasteiger partial charge in [-0.25, -0.2) is 4.39 Å². The van der Waals surface area contributed by atoms with E-state index in [-0.39, 0.29) is 11.3 Å². The smallest absolute Gasteiger partial charge is 0.194 e. The highest BCUT2D eigenvalue weighted by molar-refractivity contribution is 6.00. The molecule has 2 nitrogen and oxygen atoms in total. The molecule has 0 radical (unpaired) electrons. The van der Waals surface area contributed by atoms with Crippen molar-refractivity contribution in [2.45, 2.75) is 26.9 Å². The first-order valence-corrected chi connectivity index (χ1v) is 4.81. The van der Waals surface area contributed by atoms with Crippen molar-refractivity contribution in [2.75, 3.05) is 7.11 Å². The number of ketones is 1. The van der Waals surface area contributed by atoms with E-state index in [0.717, 1.165) is 5.56 Å². The Hall–Kier alpha value is -1.22. The Balaban J connectivity index is 3.20. The van der Waals surface area contributed by atoms with Crippen molar-refractivity contribution >= 4 is 5.78 Å². The molecule has 1 aromatic rings. The highest BCUT2D eigenvalue weighted by Crippen LogP contribution is 2.18. The number of Topliss-reactive ketones (excluding diaryl/α,β-unsaturated/α-hetero) is 1. The van der Waals surface area contributed by atoms with Gasteiger partial charge in [-0.15, -0.1) is 0 Å². The molecule has 15 heavy (non-hydrogen) atoms. The zero-order valence-corrected chi connectivity index (χ0v) is 9.43. The van der Waals surface area contributed by atoms with Crippen molar-refractivity contribution in [3.05, 3.63) is 34.6 Å². The average Bonchev–Trinajstić information content (AvgIpc) is 2.14. The monoisotopic (exact) mass is 210 g/mol. The van der Waals surface area contributed by atoms with Crippen LogP contribution in [0.1, 0.15) is 28.4 Å². The van der Waals surface area contributed by atoms with E-state index in [1.807, 2.05) is 0 Å². The summed E-state index contributed by atoms with van der Waals surface area (Å²) in [5.41, 5.74) is 1.60. The molecule has 1 rings (SSSR count). The number of ether oxygens (including phenoxy) is 1. The third kappa shape index (κ3) is 2.42. The number of benzene rings is 1. The van der Waals surface area contributed by atoms with Crippen molar-refractivity contribution in [2.24, 2.45) is 0 Å². The van der Waals surface area contributed by atoms with Crippen LogP contribution in [-0.4, -0.2) is 19.0 Å². The van der Waals surface area contributed by atoms with Gasteiger partial charge in [-0.05, 0) is 38.0 Å². The maximum Gasteiger partial charge on any atom is 0.194 e. The summed E-state index contributed by atoms with van der Waals surface area (Å²) < 4.78 is 18.5. The van der Waals surface area contributed by atoms with Gasteiger partial charge in [0.1, 0.15) is 11.9 Å². The fourth-order valence-corrected chi connectivity index (χ4v) is 1.54. The van der Waals surface area contributed by atoms with Crippen LogP contribution in [0.3, 0.4) is 0 Å². The van der Waals surface area contributed by atoms with E-state index < -0.39 is 11.9 Å². The second kappa shape index (κ2) is 4.53. The van der Waals surface area contributed by atoms with Gasteiger partial charge in [-0.2, -0.15) is 0 Å². The predicted octanol–water partition coefficient (Wildman–Crippen LogP) is 2.66. The van der Waals surface area contributed by atoms with Crippen molar-refractivity contribution in [1.82, 2.24) is 0 Å². The lowest BCUT2D eigenvalue weighted by molar-refractivity contribution is 0.0650. The SMILES string of the molecule is COC(C)C(=O)c1c(C)cc(C)cc1F. The van der Waals surface area contributed by atoms with Crippen LogP contribution in [0.2, 0.25) is 0 Å². The summed E-state index contributed by atoms with van der Waals surface area (Å²) in [7, 11) is 1.43. The predicted molar refractivity (Wildman–Crippen MR) is 56.7 cm³/mol. The third-order valence-corrected chi connectivity index (χ3v) is 2.40. The second-order valence-electron chi connectivity index (χ2n) is 3.68. The fraction of sp³-hybridized carbons (Fsp3) is 0.417. The minimum atomic E-state index is -0.610. The summed E-state index contributed by atoms with van der Waals surface area (Å²) in [5, 5.41) is 0. The van der Waals surface area contributed by atoms with Crippen molar-refractivity contribution in [3.8, 4) is 0 Å². The quantitative estimate of drug-likeness (QED) is 0.717.